The predicted octanol–water partition coefficient (Wildman–Crippen LogP) is 4.40. The topological polar surface area (TPSA) is 89.8 Å². The molecule has 1 N–H and O–H groups in total. The SMILES string of the molecule is COc1ccc(CCNC(=O)/C(C#N)=C\c2ccc(OCCC(C)C)c(OC)c2)cc1OC. The Balaban J connectivity index is 2.01. The second-order valence-electron chi connectivity index (χ2n) is 7.81. The maximum absolute atomic E-state index is 12.5. The van der Waals surface area contributed by atoms with E-state index in [1.165, 1.54) is 6.08 Å². The van der Waals surface area contributed by atoms with Gasteiger partial charge in [-0.3, -0.25) is 4.79 Å². The number of rotatable bonds is 12. The van der Waals surface area contributed by atoms with Crippen LogP contribution < -0.4 is 24.3 Å². The maximum Gasteiger partial charge on any atom is 0.261 e. The van der Waals surface area contributed by atoms with E-state index in [9.17, 15) is 10.1 Å². The van der Waals surface area contributed by atoms with Gasteiger partial charge in [0.1, 0.15) is 11.6 Å². The first-order chi connectivity index (χ1) is 15.9. The van der Waals surface area contributed by atoms with Crippen molar-refractivity contribution in [3.05, 3.63) is 53.1 Å². The third-order valence-corrected chi connectivity index (χ3v) is 4.96. The molecule has 7 heteroatoms. The van der Waals surface area contributed by atoms with Crippen LogP contribution in [0, 0.1) is 17.2 Å². The van der Waals surface area contributed by atoms with Crippen molar-refractivity contribution in [1.82, 2.24) is 5.32 Å². The van der Waals surface area contributed by atoms with Gasteiger partial charge in [-0.1, -0.05) is 26.0 Å². The summed E-state index contributed by atoms with van der Waals surface area (Å²) in [6.45, 7) is 5.24. The van der Waals surface area contributed by atoms with Gasteiger partial charge in [-0.05, 0) is 60.2 Å². The van der Waals surface area contributed by atoms with Gasteiger partial charge in [0.25, 0.3) is 5.91 Å². The second kappa shape index (κ2) is 13.0. The fourth-order valence-electron chi connectivity index (χ4n) is 3.06. The van der Waals surface area contributed by atoms with Crippen LogP contribution in [0.15, 0.2) is 42.0 Å². The normalized spacial score (nSPS) is 11.0. The number of methoxy groups -OCH3 is 3. The molecule has 0 aliphatic rings. The minimum absolute atomic E-state index is 0.0119. The molecule has 0 fully saturated rings. The van der Waals surface area contributed by atoms with Gasteiger partial charge < -0.3 is 24.3 Å². The lowest BCUT2D eigenvalue weighted by Crippen LogP contribution is -2.26. The lowest BCUT2D eigenvalue weighted by Gasteiger charge is -2.12. The van der Waals surface area contributed by atoms with Gasteiger partial charge in [0.2, 0.25) is 0 Å². The number of hydrogen-bond acceptors (Lipinski definition) is 6. The Morgan fingerprint density at radius 2 is 1.67 bits per heavy atom. The van der Waals surface area contributed by atoms with Crippen LogP contribution >= 0.6 is 0 Å². The summed E-state index contributed by atoms with van der Waals surface area (Å²) >= 11 is 0. The van der Waals surface area contributed by atoms with Crippen LogP contribution in [-0.2, 0) is 11.2 Å². The quantitative estimate of drug-likeness (QED) is 0.379. The van der Waals surface area contributed by atoms with E-state index in [1.807, 2.05) is 24.3 Å². The molecule has 0 unspecified atom stereocenters. The second-order valence-corrected chi connectivity index (χ2v) is 7.81. The molecule has 0 heterocycles. The zero-order chi connectivity index (χ0) is 24.2. The minimum atomic E-state index is -0.436. The summed E-state index contributed by atoms with van der Waals surface area (Å²) in [7, 11) is 4.72. The number of carbonyl (C=O) groups excluding carboxylic acids is 1. The fraction of sp³-hybridized carbons (Fsp3) is 0.385. The van der Waals surface area contributed by atoms with E-state index in [2.05, 4.69) is 19.2 Å². The summed E-state index contributed by atoms with van der Waals surface area (Å²) in [6, 6.07) is 12.9. The average molecular weight is 453 g/mol. The van der Waals surface area contributed by atoms with E-state index in [1.54, 1.807) is 39.5 Å². The molecule has 7 nitrogen and oxygen atoms in total. The van der Waals surface area contributed by atoms with Crippen LogP contribution in [0.25, 0.3) is 6.08 Å². The van der Waals surface area contributed by atoms with Gasteiger partial charge in [-0.2, -0.15) is 5.26 Å². The van der Waals surface area contributed by atoms with Crippen molar-refractivity contribution in [1.29, 1.82) is 5.26 Å². The van der Waals surface area contributed by atoms with Gasteiger partial charge in [0, 0.05) is 6.54 Å². The summed E-state index contributed by atoms with van der Waals surface area (Å²) in [5, 5.41) is 12.3. The van der Waals surface area contributed by atoms with E-state index in [4.69, 9.17) is 18.9 Å². The molecule has 0 bridgehead atoms. The Morgan fingerprint density at radius 3 is 2.30 bits per heavy atom. The molecular formula is C26H32N2O5. The average Bonchev–Trinajstić information content (AvgIpc) is 2.82. The molecular weight excluding hydrogens is 420 g/mol. The molecule has 33 heavy (non-hydrogen) atoms. The molecule has 0 aliphatic carbocycles. The van der Waals surface area contributed by atoms with E-state index < -0.39 is 5.91 Å². The van der Waals surface area contributed by atoms with Crippen molar-refractivity contribution >= 4 is 12.0 Å². The summed E-state index contributed by atoms with van der Waals surface area (Å²) in [6.07, 6.45) is 3.06. The van der Waals surface area contributed by atoms with Crippen molar-refractivity contribution in [3.63, 3.8) is 0 Å². The monoisotopic (exact) mass is 452 g/mol. The number of amides is 1. The highest BCUT2D eigenvalue weighted by atomic mass is 16.5. The van der Waals surface area contributed by atoms with Crippen molar-refractivity contribution in [2.75, 3.05) is 34.5 Å². The van der Waals surface area contributed by atoms with Crippen molar-refractivity contribution in [2.45, 2.75) is 26.7 Å². The molecule has 0 spiro atoms. The molecule has 0 atom stereocenters. The minimum Gasteiger partial charge on any atom is -0.493 e. The molecule has 0 saturated heterocycles. The number of hydrogen-bond donors (Lipinski definition) is 1. The third-order valence-electron chi connectivity index (χ3n) is 4.96. The Labute approximate surface area is 195 Å². The largest absolute Gasteiger partial charge is 0.493 e. The highest BCUT2D eigenvalue weighted by Gasteiger charge is 2.11. The van der Waals surface area contributed by atoms with Gasteiger partial charge in [0.05, 0.1) is 27.9 Å². The van der Waals surface area contributed by atoms with Gasteiger partial charge in [-0.25, -0.2) is 0 Å². The Hall–Kier alpha value is -3.66. The van der Waals surface area contributed by atoms with Crippen molar-refractivity contribution < 1.29 is 23.7 Å². The summed E-state index contributed by atoms with van der Waals surface area (Å²) in [4.78, 5) is 12.5. The molecule has 0 radical (unpaired) electrons. The lowest BCUT2D eigenvalue weighted by atomic mass is 10.1. The van der Waals surface area contributed by atoms with Crippen LogP contribution in [0.3, 0.4) is 0 Å². The number of nitrogens with one attached hydrogen (secondary N) is 1. The molecule has 2 aromatic carbocycles. The van der Waals surface area contributed by atoms with Crippen molar-refractivity contribution in [3.8, 4) is 29.1 Å². The smallest absolute Gasteiger partial charge is 0.261 e. The number of benzene rings is 2. The number of nitrogens with zero attached hydrogens (tertiary/aromatic N) is 1. The standard InChI is InChI=1S/C26H32N2O5/c1-18(2)11-13-33-23-9-7-20(16-25(23)32-5)14-21(17-27)26(29)28-12-10-19-6-8-22(30-3)24(15-19)31-4/h6-9,14-16,18H,10-13H2,1-5H3,(H,28,29)/b21-14-. The zero-order valence-electron chi connectivity index (χ0n) is 19.9. The first-order valence-corrected chi connectivity index (χ1v) is 10.8. The van der Waals surface area contributed by atoms with E-state index in [-0.39, 0.29) is 5.57 Å². The zero-order valence-corrected chi connectivity index (χ0v) is 19.9. The molecule has 2 rings (SSSR count). The lowest BCUT2D eigenvalue weighted by molar-refractivity contribution is -0.117. The third kappa shape index (κ3) is 7.76. The highest BCUT2D eigenvalue weighted by Crippen LogP contribution is 2.29. The van der Waals surface area contributed by atoms with E-state index in [0.29, 0.717) is 54.1 Å². The molecule has 2 aromatic rings. The van der Waals surface area contributed by atoms with Gasteiger partial charge in [0.15, 0.2) is 23.0 Å². The number of carbonyl (C=O) groups is 1. The van der Waals surface area contributed by atoms with Gasteiger partial charge >= 0.3 is 0 Å². The Kier molecular flexibility index (Phi) is 10.1. The number of nitriles is 1. The van der Waals surface area contributed by atoms with Crippen LogP contribution in [0.4, 0.5) is 0 Å². The van der Waals surface area contributed by atoms with Gasteiger partial charge in [-0.15, -0.1) is 0 Å². The first kappa shape index (κ1) is 25.6. The van der Waals surface area contributed by atoms with E-state index >= 15 is 0 Å². The predicted molar refractivity (Wildman–Crippen MR) is 128 cm³/mol. The van der Waals surface area contributed by atoms with Crippen LogP contribution in [0.2, 0.25) is 0 Å². The molecule has 0 aromatic heterocycles. The fourth-order valence-corrected chi connectivity index (χ4v) is 3.06. The number of ether oxygens (including phenoxy) is 4. The molecule has 176 valence electrons. The maximum atomic E-state index is 12.5. The van der Waals surface area contributed by atoms with E-state index in [0.717, 1.165) is 12.0 Å². The van der Waals surface area contributed by atoms with Crippen LogP contribution in [0.5, 0.6) is 23.0 Å². The van der Waals surface area contributed by atoms with Crippen LogP contribution in [0.1, 0.15) is 31.4 Å². The molecule has 1 amide bonds. The summed E-state index contributed by atoms with van der Waals surface area (Å²) < 4.78 is 21.7. The first-order valence-electron chi connectivity index (χ1n) is 10.8. The Morgan fingerprint density at radius 1 is 1.00 bits per heavy atom. The highest BCUT2D eigenvalue weighted by molar-refractivity contribution is 6.01. The molecule has 0 aliphatic heterocycles. The summed E-state index contributed by atoms with van der Waals surface area (Å²) in [5.74, 6) is 2.57. The summed E-state index contributed by atoms with van der Waals surface area (Å²) in [5.41, 5.74) is 1.67. The molecule has 0 saturated carbocycles. The van der Waals surface area contributed by atoms with Crippen LogP contribution in [-0.4, -0.2) is 40.4 Å². The Bertz CT molecular complexity index is 1010. The van der Waals surface area contributed by atoms with Crippen molar-refractivity contribution in [2.24, 2.45) is 5.92 Å².